The first-order valence-corrected chi connectivity index (χ1v) is 9.99. The van der Waals surface area contributed by atoms with Crippen molar-refractivity contribution in [2.45, 2.75) is 18.4 Å². The Hall–Kier alpha value is -0.0800. The van der Waals surface area contributed by atoms with E-state index in [1.54, 1.807) is 17.8 Å². The summed E-state index contributed by atoms with van der Waals surface area (Å²) < 4.78 is 27.8. The van der Waals surface area contributed by atoms with Gasteiger partial charge in [-0.05, 0) is 58.6 Å². The van der Waals surface area contributed by atoms with E-state index in [9.17, 15) is 8.42 Å². The van der Waals surface area contributed by atoms with Crippen LogP contribution in [-0.2, 0) is 16.6 Å². The molecule has 0 bridgehead atoms. The topological polar surface area (TPSA) is 58.2 Å². The zero-order valence-corrected chi connectivity index (χ0v) is 15.2. The summed E-state index contributed by atoms with van der Waals surface area (Å²) in [5.41, 5.74) is 1.04. The van der Waals surface area contributed by atoms with Crippen molar-refractivity contribution in [1.82, 2.24) is 10.0 Å². The van der Waals surface area contributed by atoms with Gasteiger partial charge in [0.25, 0.3) is 0 Å². The van der Waals surface area contributed by atoms with Gasteiger partial charge in [-0.25, -0.2) is 13.1 Å². The van der Waals surface area contributed by atoms with Crippen LogP contribution in [-0.4, -0.2) is 34.0 Å². The van der Waals surface area contributed by atoms with E-state index >= 15 is 0 Å². The minimum absolute atomic E-state index is 0.286. The van der Waals surface area contributed by atoms with Crippen molar-refractivity contribution in [1.29, 1.82) is 0 Å². The summed E-state index contributed by atoms with van der Waals surface area (Å²) in [5, 5.41) is 3.04. The summed E-state index contributed by atoms with van der Waals surface area (Å²) in [7, 11) is -1.61. The lowest BCUT2D eigenvalue weighted by atomic mass is 10.2. The fourth-order valence-electron chi connectivity index (χ4n) is 1.75. The van der Waals surface area contributed by atoms with E-state index in [0.29, 0.717) is 23.5 Å². The van der Waals surface area contributed by atoms with Crippen molar-refractivity contribution in [2.24, 2.45) is 5.92 Å². The second kappa shape index (κ2) is 8.38. The summed E-state index contributed by atoms with van der Waals surface area (Å²) in [6.07, 6.45) is 2.02. The first-order valence-electron chi connectivity index (χ1n) is 6.32. The second-order valence-corrected chi connectivity index (χ2v) is 8.21. The molecule has 1 unspecified atom stereocenters. The van der Waals surface area contributed by atoms with Crippen LogP contribution < -0.4 is 10.0 Å². The van der Waals surface area contributed by atoms with Gasteiger partial charge in [0.1, 0.15) is 0 Å². The quantitative estimate of drug-likeness (QED) is 0.726. The molecule has 1 aromatic carbocycles. The maximum absolute atomic E-state index is 12.3. The average molecular weight is 381 g/mol. The van der Waals surface area contributed by atoms with Gasteiger partial charge < -0.3 is 5.32 Å². The monoisotopic (exact) mass is 380 g/mol. The Morgan fingerprint density at radius 2 is 2.10 bits per heavy atom. The van der Waals surface area contributed by atoms with E-state index in [1.807, 2.05) is 32.4 Å². The molecule has 0 saturated heterocycles. The molecule has 0 amide bonds. The highest BCUT2D eigenvalue weighted by Gasteiger charge is 2.18. The summed E-state index contributed by atoms with van der Waals surface area (Å²) in [6, 6.07) is 5.29. The molecule has 0 saturated carbocycles. The smallest absolute Gasteiger partial charge is 0.241 e. The lowest BCUT2D eigenvalue weighted by molar-refractivity contribution is 0.562. The Labute approximate surface area is 134 Å². The predicted octanol–water partition coefficient (Wildman–Crippen LogP) is 2.45. The van der Waals surface area contributed by atoms with E-state index in [1.165, 1.54) is 0 Å². The summed E-state index contributed by atoms with van der Waals surface area (Å²) in [4.78, 5) is 0.286. The highest BCUT2D eigenvalue weighted by Crippen LogP contribution is 2.23. The molecule has 114 valence electrons. The Morgan fingerprint density at radius 3 is 2.65 bits per heavy atom. The van der Waals surface area contributed by atoms with E-state index in [0.717, 1.165) is 11.3 Å². The Kier molecular flexibility index (Phi) is 7.53. The third kappa shape index (κ3) is 5.37. The number of hydrogen-bond acceptors (Lipinski definition) is 4. The van der Waals surface area contributed by atoms with Crippen LogP contribution in [0.15, 0.2) is 27.6 Å². The van der Waals surface area contributed by atoms with E-state index in [4.69, 9.17) is 0 Å². The number of rotatable bonds is 8. The summed E-state index contributed by atoms with van der Waals surface area (Å²) >= 11 is 5.06. The normalized spacial score (nSPS) is 13.4. The molecule has 0 aliphatic rings. The van der Waals surface area contributed by atoms with Crippen LogP contribution in [0.3, 0.4) is 0 Å². The van der Waals surface area contributed by atoms with Gasteiger partial charge in [0.05, 0.1) is 4.90 Å². The minimum atomic E-state index is -3.46. The second-order valence-electron chi connectivity index (χ2n) is 4.71. The van der Waals surface area contributed by atoms with Crippen LogP contribution in [0.4, 0.5) is 0 Å². The van der Waals surface area contributed by atoms with Crippen LogP contribution in [0.25, 0.3) is 0 Å². The maximum atomic E-state index is 12.3. The van der Waals surface area contributed by atoms with Crippen molar-refractivity contribution >= 4 is 37.7 Å². The van der Waals surface area contributed by atoms with Gasteiger partial charge in [-0.3, -0.25) is 0 Å². The summed E-state index contributed by atoms with van der Waals surface area (Å²) in [6.45, 7) is 3.19. The number of nitrogens with one attached hydrogen (secondary N) is 2. The van der Waals surface area contributed by atoms with Gasteiger partial charge in [-0.2, -0.15) is 11.8 Å². The van der Waals surface area contributed by atoms with Crippen LogP contribution >= 0.6 is 27.7 Å². The van der Waals surface area contributed by atoms with Crippen molar-refractivity contribution in [3.63, 3.8) is 0 Å². The molecule has 7 heteroatoms. The van der Waals surface area contributed by atoms with Crippen LogP contribution in [0.1, 0.15) is 12.5 Å². The fourth-order valence-corrected chi connectivity index (χ4v) is 4.72. The largest absolute Gasteiger partial charge is 0.316 e. The number of sulfonamides is 1. The van der Waals surface area contributed by atoms with Crippen molar-refractivity contribution in [2.75, 3.05) is 25.6 Å². The molecule has 2 N–H and O–H groups in total. The Balaban J connectivity index is 2.82. The van der Waals surface area contributed by atoms with Gasteiger partial charge in [0.2, 0.25) is 10.0 Å². The van der Waals surface area contributed by atoms with Crippen LogP contribution in [0, 0.1) is 5.92 Å². The minimum Gasteiger partial charge on any atom is -0.316 e. The molecule has 0 spiro atoms. The molecule has 0 aromatic heterocycles. The first-order chi connectivity index (χ1) is 9.40. The third-order valence-electron chi connectivity index (χ3n) is 2.74. The lowest BCUT2D eigenvalue weighted by Gasteiger charge is -2.13. The number of benzene rings is 1. The lowest BCUT2D eigenvalue weighted by Crippen LogP contribution is -2.29. The van der Waals surface area contributed by atoms with E-state index in [-0.39, 0.29) is 4.90 Å². The highest BCUT2D eigenvalue weighted by molar-refractivity contribution is 9.10. The Bertz CT molecular complexity index is 535. The highest BCUT2D eigenvalue weighted by atomic mass is 79.9. The van der Waals surface area contributed by atoms with Gasteiger partial charge >= 0.3 is 0 Å². The Morgan fingerprint density at radius 1 is 1.40 bits per heavy atom. The molecule has 4 nitrogen and oxygen atoms in total. The molecule has 1 rings (SSSR count). The number of hydrogen-bond donors (Lipinski definition) is 2. The molecule has 0 fully saturated rings. The average Bonchev–Trinajstić information content (AvgIpc) is 2.37. The van der Waals surface area contributed by atoms with Crippen LogP contribution in [0.2, 0.25) is 0 Å². The molecule has 0 heterocycles. The molecular weight excluding hydrogens is 360 g/mol. The molecule has 1 atom stereocenters. The van der Waals surface area contributed by atoms with E-state index in [2.05, 4.69) is 26.0 Å². The molecule has 1 aromatic rings. The standard InChI is InChI=1S/C13H21BrN2O2S2/c1-10(9-19-3)7-16-20(17,18)13-5-4-11(8-15-2)6-12(13)14/h4-6,10,15-16H,7-9H2,1-3H3. The zero-order valence-electron chi connectivity index (χ0n) is 11.9. The van der Waals surface area contributed by atoms with Gasteiger partial charge in [0.15, 0.2) is 0 Å². The zero-order chi connectivity index (χ0) is 15.2. The molecule has 0 aliphatic heterocycles. The predicted molar refractivity (Wildman–Crippen MR) is 89.6 cm³/mol. The number of thioether (sulfide) groups is 1. The SMILES string of the molecule is CNCc1ccc(S(=O)(=O)NCC(C)CSC)c(Br)c1. The molecule has 0 aliphatic carbocycles. The fraction of sp³-hybridized carbons (Fsp3) is 0.538. The molecular formula is C13H21BrN2O2S2. The molecule has 20 heavy (non-hydrogen) atoms. The maximum Gasteiger partial charge on any atom is 0.241 e. The third-order valence-corrected chi connectivity index (χ3v) is 6.04. The first kappa shape index (κ1) is 18.0. The van der Waals surface area contributed by atoms with Crippen LogP contribution in [0.5, 0.6) is 0 Å². The van der Waals surface area contributed by atoms with Crippen molar-refractivity contribution < 1.29 is 8.42 Å². The van der Waals surface area contributed by atoms with Gasteiger partial charge in [0, 0.05) is 17.6 Å². The van der Waals surface area contributed by atoms with Gasteiger partial charge in [-0.1, -0.05) is 13.0 Å². The van der Waals surface area contributed by atoms with Crippen molar-refractivity contribution in [3.05, 3.63) is 28.2 Å². The summed E-state index contributed by atoms with van der Waals surface area (Å²) in [5.74, 6) is 1.24. The van der Waals surface area contributed by atoms with Gasteiger partial charge in [-0.15, -0.1) is 0 Å². The number of halogens is 1. The van der Waals surface area contributed by atoms with E-state index < -0.39 is 10.0 Å². The molecule has 0 radical (unpaired) electrons. The van der Waals surface area contributed by atoms with Crippen molar-refractivity contribution in [3.8, 4) is 0 Å².